The molecule has 2 aliphatic rings. The van der Waals surface area contributed by atoms with Crippen LogP contribution in [0.5, 0.6) is 0 Å². The summed E-state index contributed by atoms with van der Waals surface area (Å²) in [5.74, 6) is -4.26. The molecule has 1 saturated heterocycles. The number of piperidine rings is 1. The fourth-order valence-corrected chi connectivity index (χ4v) is 3.99. The zero-order valence-electron chi connectivity index (χ0n) is 15.1. The lowest BCUT2D eigenvalue weighted by molar-refractivity contribution is -0.176. The number of aryl methyl sites for hydroxylation is 1. The maximum absolute atomic E-state index is 13.8. The van der Waals surface area contributed by atoms with Gasteiger partial charge in [-0.25, -0.2) is 13.6 Å². The van der Waals surface area contributed by atoms with Crippen molar-refractivity contribution >= 4 is 5.97 Å². The van der Waals surface area contributed by atoms with Crippen molar-refractivity contribution in [1.82, 2.24) is 5.32 Å². The number of benzene rings is 1. The van der Waals surface area contributed by atoms with Crippen LogP contribution in [0.4, 0.5) is 8.78 Å². The molecule has 2 fully saturated rings. The molecule has 1 aromatic carbocycles. The van der Waals surface area contributed by atoms with Gasteiger partial charge in [0.25, 0.3) is 0 Å². The molecular weight excluding hydrogens is 340 g/mol. The molecule has 1 aromatic rings. The molecule has 1 aliphatic heterocycles. The van der Waals surface area contributed by atoms with E-state index < -0.39 is 29.8 Å². The normalized spacial score (nSPS) is 25.6. The third-order valence-corrected chi connectivity index (χ3v) is 5.71. The number of hydrogen-bond donors (Lipinski definition) is 2. The van der Waals surface area contributed by atoms with Crippen LogP contribution in [-0.4, -0.2) is 36.7 Å². The molecular formula is C20H27F2NO3. The van der Waals surface area contributed by atoms with Crippen LogP contribution >= 0.6 is 0 Å². The van der Waals surface area contributed by atoms with E-state index in [1.54, 1.807) is 24.3 Å². The molecule has 3 rings (SSSR count). The molecule has 0 radical (unpaired) electrons. The largest absolute Gasteiger partial charge is 0.463 e. The summed E-state index contributed by atoms with van der Waals surface area (Å²) >= 11 is 0. The summed E-state index contributed by atoms with van der Waals surface area (Å²) in [4.78, 5) is 12.9. The van der Waals surface area contributed by atoms with Crippen LogP contribution in [0, 0.1) is 18.8 Å². The molecule has 1 aliphatic carbocycles. The van der Waals surface area contributed by atoms with Crippen LogP contribution in [0.1, 0.15) is 43.2 Å². The average Bonchev–Trinajstić information content (AvgIpc) is 3.00. The van der Waals surface area contributed by atoms with Gasteiger partial charge in [-0.05, 0) is 50.8 Å². The van der Waals surface area contributed by atoms with Crippen LogP contribution in [-0.2, 0) is 15.1 Å². The lowest BCUT2D eigenvalue weighted by atomic mass is 9.79. The number of ether oxygens (including phenoxy) is 1. The highest BCUT2D eigenvalue weighted by atomic mass is 19.3. The number of nitrogens with one attached hydrogen (secondary N) is 1. The SMILES string of the molecule is Cc1ccc([C@@](O)(C(=O)OCC2CCNCC2)[C@@H]2CCC(F)(F)C2)cc1. The van der Waals surface area contributed by atoms with Gasteiger partial charge in [0.2, 0.25) is 5.92 Å². The Hall–Kier alpha value is -1.53. The summed E-state index contributed by atoms with van der Waals surface area (Å²) in [5, 5.41) is 14.5. The average molecular weight is 367 g/mol. The molecule has 0 unspecified atom stereocenters. The van der Waals surface area contributed by atoms with E-state index in [1.807, 2.05) is 6.92 Å². The van der Waals surface area contributed by atoms with E-state index in [0.717, 1.165) is 31.5 Å². The minimum atomic E-state index is -2.85. The Morgan fingerprint density at radius 2 is 1.92 bits per heavy atom. The van der Waals surface area contributed by atoms with Gasteiger partial charge in [0, 0.05) is 18.8 Å². The first-order valence-electron chi connectivity index (χ1n) is 9.36. The Balaban J connectivity index is 1.80. The molecule has 0 amide bonds. The second-order valence-corrected chi connectivity index (χ2v) is 7.72. The van der Waals surface area contributed by atoms with Crippen molar-refractivity contribution in [2.45, 2.75) is 50.6 Å². The molecule has 6 heteroatoms. The first-order chi connectivity index (χ1) is 12.3. The summed E-state index contributed by atoms with van der Waals surface area (Å²) in [7, 11) is 0. The summed E-state index contributed by atoms with van der Waals surface area (Å²) < 4.78 is 33.0. The number of rotatable bonds is 5. The maximum Gasteiger partial charge on any atom is 0.343 e. The number of hydrogen-bond acceptors (Lipinski definition) is 4. The van der Waals surface area contributed by atoms with Crippen molar-refractivity contribution < 1.29 is 23.4 Å². The predicted molar refractivity (Wildman–Crippen MR) is 93.9 cm³/mol. The first-order valence-corrected chi connectivity index (χ1v) is 9.36. The van der Waals surface area contributed by atoms with Crippen molar-refractivity contribution in [2.24, 2.45) is 11.8 Å². The number of carbonyl (C=O) groups is 1. The van der Waals surface area contributed by atoms with Crippen LogP contribution in [0.2, 0.25) is 0 Å². The Morgan fingerprint density at radius 1 is 1.27 bits per heavy atom. The summed E-state index contributed by atoms with van der Waals surface area (Å²) in [6, 6.07) is 6.82. The number of halogens is 2. The fraction of sp³-hybridized carbons (Fsp3) is 0.650. The Kier molecular flexibility index (Phi) is 5.63. The van der Waals surface area contributed by atoms with Crippen molar-refractivity contribution in [3.8, 4) is 0 Å². The minimum absolute atomic E-state index is 0.0970. The van der Waals surface area contributed by atoms with E-state index in [2.05, 4.69) is 5.32 Å². The zero-order chi connectivity index (χ0) is 18.8. The molecule has 0 aromatic heterocycles. The molecule has 0 bridgehead atoms. The topological polar surface area (TPSA) is 58.6 Å². The fourth-order valence-electron chi connectivity index (χ4n) is 3.99. The van der Waals surface area contributed by atoms with E-state index in [-0.39, 0.29) is 25.4 Å². The lowest BCUT2D eigenvalue weighted by Gasteiger charge is -2.33. The molecule has 26 heavy (non-hydrogen) atoms. The van der Waals surface area contributed by atoms with Gasteiger partial charge in [0.05, 0.1) is 6.61 Å². The van der Waals surface area contributed by atoms with Gasteiger partial charge in [0.15, 0.2) is 5.60 Å². The third-order valence-electron chi connectivity index (χ3n) is 5.71. The van der Waals surface area contributed by atoms with Gasteiger partial charge in [-0.1, -0.05) is 29.8 Å². The zero-order valence-corrected chi connectivity index (χ0v) is 15.1. The minimum Gasteiger partial charge on any atom is -0.463 e. The van der Waals surface area contributed by atoms with Gasteiger partial charge in [-0.15, -0.1) is 0 Å². The molecule has 0 spiro atoms. The van der Waals surface area contributed by atoms with E-state index in [0.29, 0.717) is 5.56 Å². The molecule has 4 nitrogen and oxygen atoms in total. The highest BCUT2D eigenvalue weighted by Crippen LogP contribution is 2.48. The molecule has 144 valence electrons. The number of alkyl halides is 2. The van der Waals surface area contributed by atoms with Crippen LogP contribution in [0.15, 0.2) is 24.3 Å². The summed E-state index contributed by atoms with van der Waals surface area (Å²) in [6.45, 7) is 3.86. The van der Waals surface area contributed by atoms with E-state index in [1.165, 1.54) is 0 Å². The van der Waals surface area contributed by atoms with Crippen LogP contribution < -0.4 is 5.32 Å². The smallest absolute Gasteiger partial charge is 0.343 e. The van der Waals surface area contributed by atoms with Crippen LogP contribution in [0.25, 0.3) is 0 Å². The Labute approximate surface area is 152 Å². The highest BCUT2D eigenvalue weighted by Gasteiger charge is 2.54. The standard InChI is InChI=1S/C20H27F2NO3/c1-14-2-4-16(5-3-14)20(25,17-6-9-19(21,22)12-17)18(24)26-13-15-7-10-23-11-8-15/h2-5,15,17,23,25H,6-13H2,1H3/t17-,20+/m1/s1. The number of carbonyl (C=O) groups excluding carboxylic acids is 1. The first kappa shape index (κ1) is 19.2. The van der Waals surface area contributed by atoms with Gasteiger partial charge in [-0.2, -0.15) is 0 Å². The van der Waals surface area contributed by atoms with Crippen LogP contribution in [0.3, 0.4) is 0 Å². The summed E-state index contributed by atoms with van der Waals surface area (Å²) in [5.41, 5.74) is -0.724. The van der Waals surface area contributed by atoms with Crippen molar-refractivity contribution in [3.05, 3.63) is 35.4 Å². The Morgan fingerprint density at radius 3 is 2.50 bits per heavy atom. The molecule has 2 N–H and O–H groups in total. The molecule has 2 atom stereocenters. The van der Waals surface area contributed by atoms with Gasteiger partial charge in [-0.3, -0.25) is 0 Å². The van der Waals surface area contributed by atoms with E-state index in [9.17, 15) is 18.7 Å². The number of esters is 1. The molecule has 1 heterocycles. The Bertz CT molecular complexity index is 628. The third kappa shape index (κ3) is 4.07. The second kappa shape index (κ2) is 7.61. The second-order valence-electron chi connectivity index (χ2n) is 7.72. The monoisotopic (exact) mass is 367 g/mol. The van der Waals surface area contributed by atoms with Crippen molar-refractivity contribution in [2.75, 3.05) is 19.7 Å². The highest BCUT2D eigenvalue weighted by molar-refractivity contribution is 5.81. The molecule has 1 saturated carbocycles. The maximum atomic E-state index is 13.8. The number of aliphatic hydroxyl groups is 1. The summed E-state index contributed by atoms with van der Waals surface area (Å²) in [6.07, 6.45) is 1.09. The quantitative estimate of drug-likeness (QED) is 0.785. The van der Waals surface area contributed by atoms with Crippen molar-refractivity contribution in [1.29, 1.82) is 0 Å². The predicted octanol–water partition coefficient (Wildman–Crippen LogP) is 3.16. The van der Waals surface area contributed by atoms with E-state index >= 15 is 0 Å². The van der Waals surface area contributed by atoms with Crippen molar-refractivity contribution in [3.63, 3.8) is 0 Å². The van der Waals surface area contributed by atoms with E-state index in [4.69, 9.17) is 4.74 Å². The lowest BCUT2D eigenvalue weighted by Crippen LogP contribution is -2.44. The van der Waals surface area contributed by atoms with Gasteiger partial charge < -0.3 is 15.2 Å². The van der Waals surface area contributed by atoms with Gasteiger partial charge in [0.1, 0.15) is 0 Å². The van der Waals surface area contributed by atoms with Gasteiger partial charge >= 0.3 is 5.97 Å².